The number of aromatic nitrogens is 1. The molecule has 12 heavy (non-hydrogen) atoms. The van der Waals surface area contributed by atoms with Crippen molar-refractivity contribution in [1.29, 1.82) is 0 Å². The maximum absolute atomic E-state index is 4.91. The topological polar surface area (TPSA) is 12.9 Å². The Kier molecular flexibility index (Phi) is 6.24. The Morgan fingerprint density at radius 3 is 2.92 bits per heavy atom. The van der Waals surface area contributed by atoms with E-state index in [0.717, 1.165) is 10.2 Å². The summed E-state index contributed by atoms with van der Waals surface area (Å²) in [6.45, 7) is 0. The van der Waals surface area contributed by atoms with Crippen LogP contribution in [-0.4, -0.2) is 4.98 Å². The largest absolute Gasteiger partial charge is 1.00 e. The number of thiazole rings is 1. The number of fused-ring (bicyclic) bond motifs is 1. The summed E-state index contributed by atoms with van der Waals surface area (Å²) in [7, 11) is 0. The predicted octanol–water partition coefficient (Wildman–Crippen LogP) is -0.996. The van der Waals surface area contributed by atoms with Gasteiger partial charge in [0.15, 0.2) is 0 Å². The van der Waals surface area contributed by atoms with E-state index in [0.29, 0.717) is 4.34 Å². The normalized spacial score (nSPS) is 8.67. The van der Waals surface area contributed by atoms with Crippen molar-refractivity contribution < 1.29 is 51.9 Å². The first-order chi connectivity index (χ1) is 4.86. The first-order valence-corrected chi connectivity index (χ1v) is 4.02. The maximum Gasteiger partial charge on any atom is 1.00 e. The molecule has 1 nitrogen and oxygen atoms in total. The fraction of sp³-hybridized carbons (Fsp3) is 0. The van der Waals surface area contributed by atoms with Crippen molar-refractivity contribution in [3.63, 3.8) is 0 Å². The van der Waals surface area contributed by atoms with Crippen LogP contribution in [0.1, 0.15) is 0 Å². The van der Waals surface area contributed by atoms with E-state index in [1.807, 2.05) is 18.2 Å². The van der Waals surface area contributed by atoms with Crippen molar-refractivity contribution in [2.24, 2.45) is 0 Å². The molecule has 0 fully saturated rings. The van der Waals surface area contributed by atoms with Gasteiger partial charge in [-0.05, 0) is 4.34 Å². The molecule has 0 aliphatic rings. The molecule has 0 bridgehead atoms. The van der Waals surface area contributed by atoms with Gasteiger partial charge in [0.25, 0.3) is 0 Å². The van der Waals surface area contributed by atoms with Gasteiger partial charge in [-0.15, -0.1) is 0 Å². The molecule has 1 aromatic carbocycles. The van der Waals surface area contributed by atoms with E-state index >= 15 is 0 Å². The average Bonchev–Trinajstić information content (AvgIpc) is 2.27. The summed E-state index contributed by atoms with van der Waals surface area (Å²) in [5, 5.41) is 0. The van der Waals surface area contributed by atoms with Gasteiger partial charge >= 0.3 is 51.9 Å². The van der Waals surface area contributed by atoms with Crippen molar-refractivity contribution in [3.05, 3.63) is 24.3 Å². The molecule has 60 valence electrons. The van der Waals surface area contributed by atoms with Crippen LogP contribution in [0.2, 0.25) is 0 Å². The molecule has 5 heteroatoms. The number of rotatable bonds is 0. The molecular formula is C7H3AuNNaS2. The number of benzene rings is 1. The molecule has 0 aliphatic heterocycles. The third-order valence-electron chi connectivity index (χ3n) is 1.21. The molecule has 0 atom stereocenters. The monoisotopic (exact) mass is 385 g/mol. The van der Waals surface area contributed by atoms with Gasteiger partial charge in [-0.2, -0.15) is 29.0 Å². The third kappa shape index (κ3) is 2.79. The van der Waals surface area contributed by atoms with Crippen LogP contribution in [0.4, 0.5) is 0 Å². The van der Waals surface area contributed by atoms with E-state index < -0.39 is 0 Å². The van der Waals surface area contributed by atoms with Crippen LogP contribution in [0.3, 0.4) is 0 Å². The van der Waals surface area contributed by atoms with Crippen molar-refractivity contribution in [1.82, 2.24) is 4.98 Å². The van der Waals surface area contributed by atoms with Gasteiger partial charge in [-0.25, -0.2) is 0 Å². The van der Waals surface area contributed by atoms with E-state index in [4.69, 9.17) is 12.6 Å². The van der Waals surface area contributed by atoms with E-state index in [-0.39, 0.29) is 51.9 Å². The van der Waals surface area contributed by atoms with Crippen LogP contribution >= 0.6 is 11.3 Å². The second-order valence-electron chi connectivity index (χ2n) is 1.87. The minimum absolute atomic E-state index is 0. The second-order valence-corrected chi connectivity index (χ2v) is 3.55. The quantitative estimate of drug-likeness (QED) is 0.328. The molecule has 1 heterocycles. The Morgan fingerprint density at radius 2 is 2.25 bits per heavy atom. The van der Waals surface area contributed by atoms with Gasteiger partial charge < -0.3 is 28.9 Å². The van der Waals surface area contributed by atoms with Crippen LogP contribution in [0, 0.1) is 6.07 Å². The maximum atomic E-state index is 4.91. The Morgan fingerprint density at radius 1 is 1.50 bits per heavy atom. The van der Waals surface area contributed by atoms with Crippen molar-refractivity contribution in [3.8, 4) is 0 Å². The van der Waals surface area contributed by atoms with Crippen LogP contribution < -0.4 is 29.6 Å². The number of hydrogen-bond acceptors (Lipinski definition) is 3. The Hall–Kier alpha value is 1.07. The van der Waals surface area contributed by atoms with Gasteiger partial charge in [0.1, 0.15) is 0 Å². The fourth-order valence-corrected chi connectivity index (χ4v) is 1.84. The van der Waals surface area contributed by atoms with Gasteiger partial charge in [0.2, 0.25) is 0 Å². The van der Waals surface area contributed by atoms with E-state index in [2.05, 4.69) is 11.1 Å². The molecule has 0 aliphatic carbocycles. The number of nitrogens with zero attached hydrogens (tertiary/aromatic N) is 1. The Labute approximate surface area is 118 Å². The number of hydrogen-bond donors (Lipinski definition) is 0. The van der Waals surface area contributed by atoms with E-state index in [1.165, 1.54) is 11.3 Å². The van der Waals surface area contributed by atoms with Gasteiger partial charge in [0.05, 0.1) is 0 Å². The zero-order valence-electron chi connectivity index (χ0n) is 6.30. The van der Waals surface area contributed by atoms with Crippen molar-refractivity contribution in [2.75, 3.05) is 0 Å². The molecule has 1 aromatic heterocycles. The molecule has 0 radical (unpaired) electrons. The van der Waals surface area contributed by atoms with Crippen molar-refractivity contribution in [2.45, 2.75) is 4.34 Å². The molecule has 0 spiro atoms. The van der Waals surface area contributed by atoms with E-state index in [9.17, 15) is 0 Å². The van der Waals surface area contributed by atoms with Crippen LogP contribution in [-0.2, 0) is 35.0 Å². The van der Waals surface area contributed by atoms with Crippen LogP contribution in [0.25, 0.3) is 10.2 Å². The van der Waals surface area contributed by atoms with Crippen molar-refractivity contribution >= 4 is 34.2 Å². The molecular weight excluding hydrogens is 382 g/mol. The third-order valence-corrected chi connectivity index (χ3v) is 2.38. The molecule has 0 N–H and O–H groups in total. The van der Waals surface area contributed by atoms with Gasteiger partial charge in [0, 0.05) is 0 Å². The summed E-state index contributed by atoms with van der Waals surface area (Å²) in [5.74, 6) is 0. The molecule has 0 unspecified atom stereocenters. The van der Waals surface area contributed by atoms with Gasteiger partial charge in [-0.1, -0.05) is 5.52 Å². The second kappa shape index (κ2) is 5.73. The zero-order chi connectivity index (χ0) is 6.97. The summed E-state index contributed by atoms with van der Waals surface area (Å²) in [6.07, 6.45) is 0. The molecule has 0 amide bonds. The first kappa shape index (κ1) is 13.1. The Balaban J connectivity index is 0.000000605. The predicted molar refractivity (Wildman–Crippen MR) is 44.1 cm³/mol. The minimum Gasteiger partial charge on any atom is -0.410 e. The smallest absolute Gasteiger partial charge is 0.410 e. The SMILES string of the molecule is [Au+].[Na+].[S-]c1nc2c[c-]ccc2s1. The standard InChI is InChI=1S/C7H4NS2.Au.Na/c9-7-8-5-3-1-2-4-6(5)10-7;;/h2-4H,(H,8,9);;/q-1;2*+1/p-1. The van der Waals surface area contributed by atoms with E-state index in [1.54, 1.807) is 0 Å². The summed E-state index contributed by atoms with van der Waals surface area (Å²) in [6, 6.07) is 8.64. The summed E-state index contributed by atoms with van der Waals surface area (Å²) < 4.78 is 1.85. The summed E-state index contributed by atoms with van der Waals surface area (Å²) in [4.78, 5) is 4.12. The summed E-state index contributed by atoms with van der Waals surface area (Å²) in [5.41, 5.74) is 0.956. The molecule has 0 saturated heterocycles. The fourth-order valence-electron chi connectivity index (χ4n) is 0.796. The molecule has 0 saturated carbocycles. The minimum atomic E-state index is 0. The average molecular weight is 385 g/mol. The van der Waals surface area contributed by atoms with Gasteiger partial charge in [-0.3, -0.25) is 0 Å². The van der Waals surface area contributed by atoms with Crippen LogP contribution in [0.15, 0.2) is 22.5 Å². The first-order valence-electron chi connectivity index (χ1n) is 2.80. The summed E-state index contributed by atoms with van der Waals surface area (Å²) >= 11 is 6.44. The Bertz CT molecular complexity index is 330. The molecule has 2 aromatic rings. The molecule has 2 rings (SSSR count). The van der Waals surface area contributed by atoms with Crippen LogP contribution in [0.5, 0.6) is 0 Å². The zero-order valence-corrected chi connectivity index (χ0v) is 12.1.